The molecule has 0 radical (unpaired) electrons. The van der Waals surface area contributed by atoms with Gasteiger partial charge in [-0.3, -0.25) is 32.8 Å². The van der Waals surface area contributed by atoms with Crippen LogP contribution in [-0.4, -0.2) is 142 Å². The first-order valence-electron chi connectivity index (χ1n) is 39.9. The van der Waals surface area contributed by atoms with E-state index >= 15 is 0 Å². The fourth-order valence-corrected chi connectivity index (χ4v) is 14.3. The van der Waals surface area contributed by atoms with Crippen LogP contribution >= 0.6 is 0 Å². The van der Waals surface area contributed by atoms with Crippen LogP contribution < -0.4 is 99.7 Å². The third-order valence-electron chi connectivity index (χ3n) is 20.3. The number of benzene rings is 3. The van der Waals surface area contributed by atoms with Gasteiger partial charge in [0.15, 0.2) is 29.1 Å². The number of nitrogens with two attached hydrogens (primary N) is 5. The fraction of sp³-hybridized carbons (Fsp3) is 0.241. The van der Waals surface area contributed by atoms with Gasteiger partial charge in [0, 0.05) is 42.7 Å². The summed E-state index contributed by atoms with van der Waals surface area (Å²) in [6.45, 7) is 6.08. The van der Waals surface area contributed by atoms with Crippen molar-refractivity contribution in [3.8, 4) is 52.4 Å². The standard InChI is InChI=1S/C18H18N4O3.C18H18N4O2.C17H19N5O3.C17H17N5O3.C17H16N4O3/c19-17-16-14-10-15(20-17)25-8-3-1-2-7-24-13-6-4-5-12(9-13)11-22(14)18(23)21-16;19-17-16-14-10-15(20-17)24-8-3-1-2-5-12-6-4-7-13(9-12)11-22(14)18(23)21-16;2*18-16-15-12-9-14(20-16)25-8-3-1-2-7-24-13-5-4-6-19-11(13)10-22(12)17(23)21-15;18-16-15-13-9-14(19-16)24-7-2-1-6-23-12-5-3-4-11(8-12)10-21(13)17(22)20-15/h1-2,4-6,9-10H,3,7-8,11H2,(H2,19,20)(H,21,23);1-2,4,6-7,9-10H,3,5,8,11H2,(H2,19,20)(H,21,23);4-6,9H,1-3,7-8,10H2,(H2,18,20)(H,21,23);1-2,4-6,9H,3,7-8,10H2,(H2,18,20)(H,21,23);1-5,8-9H,6-7,10H2,(H2,18,19)(H,20,22)/b2*2-1+;;2*2-1+. The Morgan fingerprint density at radius 2 is 0.618 bits per heavy atom. The Morgan fingerprint density at radius 1 is 0.293 bits per heavy atom. The summed E-state index contributed by atoms with van der Waals surface area (Å²) in [4.78, 5) is 105. The van der Waals surface area contributed by atoms with Crippen LogP contribution in [0.2, 0.25) is 0 Å². The normalized spacial score (nSPS) is 15.6. The molecule has 123 heavy (non-hydrogen) atoms. The van der Waals surface area contributed by atoms with Crippen LogP contribution in [0.3, 0.4) is 0 Å². The van der Waals surface area contributed by atoms with Gasteiger partial charge in [-0.25, -0.2) is 24.0 Å². The number of nitrogens with one attached hydrogen (secondary N) is 5. The smallest absolute Gasteiger partial charge is 0.326 e. The predicted molar refractivity (Wildman–Crippen MR) is 465 cm³/mol. The number of nitrogens with zero attached hydrogens (tertiary/aromatic N) is 12. The van der Waals surface area contributed by atoms with Crippen LogP contribution in [0, 0.1) is 0 Å². The Kier molecular flexibility index (Phi) is 24.7. The van der Waals surface area contributed by atoms with E-state index in [1.165, 1.54) is 5.56 Å². The summed E-state index contributed by atoms with van der Waals surface area (Å²) >= 11 is 0. The number of rotatable bonds is 0. The van der Waals surface area contributed by atoms with Gasteiger partial charge in [-0.05, 0) is 128 Å². The van der Waals surface area contributed by atoms with Gasteiger partial charge in [0.1, 0.15) is 88.4 Å². The highest BCUT2D eigenvalue weighted by Gasteiger charge is 2.22. The lowest BCUT2D eigenvalue weighted by atomic mass is 10.1. The second-order valence-electron chi connectivity index (χ2n) is 28.8. The molecule has 0 saturated carbocycles. The fourth-order valence-electron chi connectivity index (χ4n) is 14.3. The van der Waals surface area contributed by atoms with Crippen LogP contribution in [0.15, 0.2) is 212 Å². The molecule has 0 unspecified atom stereocenters. The van der Waals surface area contributed by atoms with Crippen molar-refractivity contribution in [3.63, 3.8) is 0 Å². The number of imidazole rings is 5. The number of hydrogen-bond donors (Lipinski definition) is 10. The van der Waals surface area contributed by atoms with E-state index in [1.807, 2.05) is 115 Å². The molecule has 16 bridgehead atoms. The average molecular weight is 1670 g/mol. The van der Waals surface area contributed by atoms with Gasteiger partial charge in [0.25, 0.3) is 0 Å². The van der Waals surface area contributed by atoms with Crippen LogP contribution in [0.25, 0.3) is 55.2 Å². The molecule has 3 aromatic carbocycles. The molecule has 0 spiro atoms. The van der Waals surface area contributed by atoms with Gasteiger partial charge >= 0.3 is 28.4 Å². The van der Waals surface area contributed by atoms with Gasteiger partial charge in [-0.2, -0.15) is 24.9 Å². The summed E-state index contributed by atoms with van der Waals surface area (Å²) in [6.07, 6.45) is 25.1. The molecule has 5 aliphatic rings. The number of allylic oxidation sites excluding steroid dienone is 1. The van der Waals surface area contributed by atoms with Crippen molar-refractivity contribution >= 4 is 84.3 Å². The lowest BCUT2D eigenvalue weighted by molar-refractivity contribution is 0.272. The number of aromatic amines is 5. The lowest BCUT2D eigenvalue weighted by Crippen LogP contribution is -2.18. The summed E-state index contributed by atoms with van der Waals surface area (Å²) in [5, 5.41) is 0. The van der Waals surface area contributed by atoms with Crippen molar-refractivity contribution in [3.05, 3.63) is 274 Å². The maximum Gasteiger partial charge on any atom is 0.326 e. The van der Waals surface area contributed by atoms with E-state index < -0.39 is 0 Å². The Labute approximate surface area is 698 Å². The van der Waals surface area contributed by atoms with Gasteiger partial charge in [0.2, 0.25) is 29.4 Å². The summed E-state index contributed by atoms with van der Waals surface area (Å²) in [7, 11) is 0. The molecule has 20 rings (SSSR count). The minimum Gasteiger partial charge on any atom is -0.492 e. The van der Waals surface area contributed by atoms with Crippen LogP contribution in [0.5, 0.6) is 52.4 Å². The molecule has 0 fully saturated rings. The average Bonchev–Trinajstić information content (AvgIpc) is 1.67. The Hall–Kier alpha value is -15.8. The Balaban J connectivity index is 0.000000114. The lowest BCUT2D eigenvalue weighted by Gasteiger charge is -2.13. The molecule has 0 aliphatic carbocycles. The number of ether oxygens (including phenoxy) is 9. The van der Waals surface area contributed by atoms with E-state index in [4.69, 9.17) is 71.3 Å². The zero-order chi connectivity index (χ0) is 84.7. The molecule has 36 nitrogen and oxygen atoms in total. The molecule has 630 valence electrons. The topological polar surface area (TPSA) is 492 Å². The summed E-state index contributed by atoms with van der Waals surface area (Å²) < 4.78 is 59.3. The minimum absolute atomic E-state index is 0.201. The van der Waals surface area contributed by atoms with E-state index in [2.05, 4.69) is 84.1 Å². The predicted octanol–water partition coefficient (Wildman–Crippen LogP) is 9.15. The Morgan fingerprint density at radius 3 is 1.04 bits per heavy atom. The zero-order valence-electron chi connectivity index (χ0n) is 66.7. The monoisotopic (exact) mass is 1660 g/mol. The number of aromatic nitrogens is 17. The second kappa shape index (κ2) is 37.4. The second-order valence-corrected chi connectivity index (χ2v) is 28.8. The van der Waals surface area contributed by atoms with Crippen molar-refractivity contribution in [1.82, 2.24) is 82.6 Å². The van der Waals surface area contributed by atoms with Crippen LogP contribution in [0.1, 0.15) is 72.2 Å². The van der Waals surface area contributed by atoms with Crippen LogP contribution in [0.4, 0.5) is 29.1 Å². The first-order valence-corrected chi connectivity index (χ1v) is 39.9. The van der Waals surface area contributed by atoms with E-state index in [-0.39, 0.29) is 70.6 Å². The SMILES string of the molecule is Nc1nc2cc3c1[nH]c(=O)n3Cc1cccc(c1)C/C=C/CCO2.Nc1nc2cc3c1[nH]c(=O)n3Cc1cccc(c1)OC/C=C/CCO2.Nc1nc2cc3c1[nH]c(=O)n3Cc1cccc(c1)OC/C=C/CO2.Nc1nc2cc3c1[nH]c(=O)n3Cc1ncccc1OC/C=C/CCO2.Nc1nc2cc3c1[nH]c(=O)n3Cc1ncccc1OCCCCCO2. The molecule has 15 aromatic rings. The molecule has 5 aliphatic heterocycles. The molecule has 0 atom stereocenters. The number of anilines is 5. The molecule has 36 heteroatoms. The molecule has 12 aromatic heterocycles. The van der Waals surface area contributed by atoms with Crippen molar-refractivity contribution in [2.24, 2.45) is 0 Å². The largest absolute Gasteiger partial charge is 0.492 e. The van der Waals surface area contributed by atoms with Gasteiger partial charge in [-0.15, -0.1) is 0 Å². The molecule has 0 saturated heterocycles. The first kappa shape index (κ1) is 81.0. The highest BCUT2D eigenvalue weighted by atomic mass is 16.5. The molecule has 17 heterocycles. The van der Waals surface area contributed by atoms with Crippen LogP contribution in [-0.2, 0) is 39.1 Å². The summed E-state index contributed by atoms with van der Waals surface area (Å²) in [5.41, 5.74) is 40.1. The van der Waals surface area contributed by atoms with Gasteiger partial charge < -0.3 is 96.2 Å². The van der Waals surface area contributed by atoms with Gasteiger partial charge in [0.05, 0.1) is 93.3 Å². The number of H-pyrrole nitrogens is 5. The summed E-state index contributed by atoms with van der Waals surface area (Å²) in [6, 6.07) is 39.6. The highest BCUT2D eigenvalue weighted by molar-refractivity contribution is 5.89. The zero-order valence-corrected chi connectivity index (χ0v) is 66.7. The van der Waals surface area contributed by atoms with Crippen molar-refractivity contribution in [1.29, 1.82) is 0 Å². The van der Waals surface area contributed by atoms with E-state index in [0.29, 0.717) is 193 Å². The van der Waals surface area contributed by atoms with Crippen molar-refractivity contribution in [2.75, 3.05) is 88.1 Å². The molecular formula is C87H88N22O14. The van der Waals surface area contributed by atoms with E-state index in [1.54, 1.807) is 71.6 Å². The summed E-state index contributed by atoms with van der Waals surface area (Å²) in [5.74, 6) is 6.13. The number of nitrogen functional groups attached to an aromatic ring is 5. The molecule has 15 N–H and O–H groups in total. The van der Waals surface area contributed by atoms with E-state index in [9.17, 15) is 24.0 Å². The maximum atomic E-state index is 12.4. The number of fused-ring (bicyclic) bond motifs is 13. The van der Waals surface area contributed by atoms with E-state index in [0.717, 1.165) is 66.7 Å². The van der Waals surface area contributed by atoms with Crippen molar-refractivity contribution in [2.45, 2.75) is 77.7 Å². The highest BCUT2D eigenvalue weighted by Crippen LogP contribution is 2.31. The van der Waals surface area contributed by atoms with Gasteiger partial charge in [-0.1, -0.05) is 85.0 Å². The minimum atomic E-state index is -0.288. The number of hydrogen-bond acceptors (Lipinski definition) is 26. The molecule has 0 amide bonds. The Bertz CT molecular complexity index is 6800. The number of pyridine rings is 7. The van der Waals surface area contributed by atoms with Crippen molar-refractivity contribution < 1.29 is 42.6 Å². The first-order chi connectivity index (χ1) is 60.1. The maximum absolute atomic E-state index is 12.4. The third kappa shape index (κ3) is 19.3. The quantitative estimate of drug-likeness (QED) is 0.0632. The molecular weight excluding hydrogens is 1580 g/mol. The third-order valence-corrected chi connectivity index (χ3v) is 20.3.